The van der Waals surface area contributed by atoms with Crippen molar-refractivity contribution in [3.63, 3.8) is 0 Å². The molecule has 5 heteroatoms. The number of rotatable bonds is 13. The summed E-state index contributed by atoms with van der Waals surface area (Å²) in [5, 5.41) is 0. The van der Waals surface area contributed by atoms with Gasteiger partial charge < -0.3 is 19.6 Å². The van der Waals surface area contributed by atoms with E-state index in [4.69, 9.17) is 0 Å². The molecule has 34 heavy (non-hydrogen) atoms. The second kappa shape index (κ2) is 20.2. The molecule has 1 aromatic heterocycles. The Kier molecular flexibility index (Phi) is 17.8. The van der Waals surface area contributed by atoms with Gasteiger partial charge in [0.2, 0.25) is 0 Å². The van der Waals surface area contributed by atoms with Crippen LogP contribution in [0.4, 0.5) is 0 Å². The van der Waals surface area contributed by atoms with Gasteiger partial charge in [-0.25, -0.2) is 4.57 Å². The largest absolute Gasteiger partial charge is 0.362 e. The van der Waals surface area contributed by atoms with Crippen LogP contribution in [0.3, 0.4) is 0 Å². The maximum absolute atomic E-state index is 2.40. The quantitative estimate of drug-likeness (QED) is 0.249. The van der Waals surface area contributed by atoms with Gasteiger partial charge in [0.1, 0.15) is 6.54 Å². The first-order valence-corrected chi connectivity index (χ1v) is 13.8. The van der Waals surface area contributed by atoms with Gasteiger partial charge in [0.25, 0.3) is 0 Å². The van der Waals surface area contributed by atoms with Crippen molar-refractivity contribution in [2.24, 2.45) is 0 Å². The Labute approximate surface area is 211 Å². The summed E-state index contributed by atoms with van der Waals surface area (Å²) in [5.74, 6) is 0. The fraction of sp³-hybridized carbons (Fsp3) is 0.690. The first-order chi connectivity index (χ1) is 16.6. The molecule has 3 rings (SSSR count). The average molecular weight is 473 g/mol. The van der Waals surface area contributed by atoms with Crippen LogP contribution < -0.4 is 4.57 Å². The normalized spacial score (nSPS) is 14.3. The highest BCUT2D eigenvalue weighted by molar-refractivity contribution is 4.88. The van der Waals surface area contributed by atoms with Crippen LogP contribution in [0.15, 0.2) is 55.4 Å². The summed E-state index contributed by atoms with van der Waals surface area (Å²) in [5.41, 5.74) is 0. The van der Waals surface area contributed by atoms with E-state index in [2.05, 4.69) is 108 Å². The third-order valence-corrected chi connectivity index (χ3v) is 6.13. The van der Waals surface area contributed by atoms with E-state index in [0.29, 0.717) is 0 Å². The third-order valence-electron chi connectivity index (χ3n) is 6.13. The van der Waals surface area contributed by atoms with E-state index in [0.717, 1.165) is 26.4 Å². The lowest BCUT2D eigenvalue weighted by atomic mass is 10.1. The van der Waals surface area contributed by atoms with Crippen molar-refractivity contribution in [3.05, 3.63) is 55.4 Å². The molecular weight excluding hydrogens is 418 g/mol. The zero-order valence-corrected chi connectivity index (χ0v) is 23.0. The Hall–Kier alpha value is -2.17. The van der Waals surface area contributed by atoms with Gasteiger partial charge in [0.15, 0.2) is 12.4 Å². The Bertz CT molecular complexity index is 631. The highest BCUT2D eigenvalue weighted by atomic mass is 15.3. The van der Waals surface area contributed by atoms with Crippen LogP contribution in [0.2, 0.25) is 0 Å². The summed E-state index contributed by atoms with van der Waals surface area (Å²) < 4.78 is 2.21. The molecule has 0 atom stereocenters. The van der Waals surface area contributed by atoms with Crippen molar-refractivity contribution in [2.75, 3.05) is 40.5 Å². The number of hydrogen-bond donors (Lipinski definition) is 0. The van der Waals surface area contributed by atoms with Crippen molar-refractivity contribution >= 4 is 0 Å². The fourth-order valence-corrected chi connectivity index (χ4v) is 3.90. The van der Waals surface area contributed by atoms with E-state index >= 15 is 0 Å². The zero-order chi connectivity index (χ0) is 24.9. The molecule has 5 nitrogen and oxygen atoms in total. The summed E-state index contributed by atoms with van der Waals surface area (Å²) in [4.78, 5) is 9.03. The standard InChI is InChI=1S/C14H28N2.C9H14N.C6H12N2/c1-3-4-5-6-7-8-9-10-11-16-13-12-15(2)14-16;1-2-3-7-10-8-5-4-6-9-10;1-3-8-5-4-7(2)6-8/h12-13H,3-11,14H2,1-2H3;4-6,8-9H,2-3,7H2,1H3;4-5H,3,6H2,1-2H3/q;+1;. The van der Waals surface area contributed by atoms with Crippen molar-refractivity contribution in [2.45, 2.75) is 91.5 Å². The summed E-state index contributed by atoms with van der Waals surface area (Å²) in [7, 11) is 4.20. The van der Waals surface area contributed by atoms with Gasteiger partial charge >= 0.3 is 0 Å². The zero-order valence-electron chi connectivity index (χ0n) is 23.0. The van der Waals surface area contributed by atoms with Crippen molar-refractivity contribution in [1.29, 1.82) is 0 Å². The molecule has 0 unspecified atom stereocenters. The van der Waals surface area contributed by atoms with Crippen LogP contribution in [0.5, 0.6) is 0 Å². The molecule has 0 radical (unpaired) electrons. The highest BCUT2D eigenvalue weighted by Crippen LogP contribution is 2.10. The molecule has 0 saturated carbocycles. The van der Waals surface area contributed by atoms with Gasteiger partial charge in [-0.05, 0) is 13.3 Å². The lowest BCUT2D eigenvalue weighted by molar-refractivity contribution is -0.697. The lowest BCUT2D eigenvalue weighted by Gasteiger charge is -2.17. The molecule has 1 aromatic rings. The first kappa shape index (κ1) is 29.9. The molecule has 0 saturated heterocycles. The molecule has 2 aliphatic rings. The number of nitrogens with zero attached hydrogens (tertiary/aromatic N) is 5. The predicted molar refractivity (Wildman–Crippen MR) is 147 cm³/mol. The van der Waals surface area contributed by atoms with E-state index < -0.39 is 0 Å². The smallest absolute Gasteiger partial charge is 0.168 e. The second-order valence-electron chi connectivity index (χ2n) is 9.55. The molecule has 194 valence electrons. The van der Waals surface area contributed by atoms with Gasteiger partial charge in [-0.1, -0.05) is 71.3 Å². The van der Waals surface area contributed by atoms with Crippen molar-refractivity contribution in [1.82, 2.24) is 19.6 Å². The maximum atomic E-state index is 2.40. The maximum Gasteiger partial charge on any atom is 0.168 e. The molecule has 0 N–H and O–H groups in total. The second-order valence-corrected chi connectivity index (χ2v) is 9.55. The number of aromatic nitrogens is 1. The third kappa shape index (κ3) is 15.6. The Balaban J connectivity index is 0.000000274. The minimum atomic E-state index is 1.05. The minimum absolute atomic E-state index is 1.05. The van der Waals surface area contributed by atoms with E-state index in [-0.39, 0.29) is 0 Å². The van der Waals surface area contributed by atoms with Gasteiger partial charge in [0.05, 0.1) is 13.3 Å². The van der Waals surface area contributed by atoms with Crippen LogP contribution in [0, 0.1) is 0 Å². The van der Waals surface area contributed by atoms with E-state index in [1.54, 1.807) is 0 Å². The molecule has 2 aliphatic heterocycles. The Morgan fingerprint density at radius 3 is 1.59 bits per heavy atom. The number of unbranched alkanes of at least 4 members (excludes halogenated alkanes) is 8. The molecular formula is C29H54N5+. The van der Waals surface area contributed by atoms with E-state index in [9.17, 15) is 0 Å². The molecule has 3 heterocycles. The summed E-state index contributed by atoms with van der Waals surface area (Å²) >= 11 is 0. The van der Waals surface area contributed by atoms with Crippen LogP contribution >= 0.6 is 0 Å². The highest BCUT2D eigenvalue weighted by Gasteiger charge is 2.06. The Morgan fingerprint density at radius 1 is 0.588 bits per heavy atom. The SMILES string of the molecule is CCCCCCCCCCN1C=CN(C)C1.CCCC[n+]1ccccc1.CCN1C=CN(C)C1. The van der Waals surface area contributed by atoms with Gasteiger partial charge in [-0.2, -0.15) is 0 Å². The number of aryl methyl sites for hydroxylation is 1. The number of hydrogen-bond acceptors (Lipinski definition) is 4. The number of pyridine rings is 1. The Morgan fingerprint density at radius 2 is 1.12 bits per heavy atom. The van der Waals surface area contributed by atoms with Crippen molar-refractivity contribution in [3.8, 4) is 0 Å². The summed E-state index contributed by atoms with van der Waals surface area (Å²) in [6.07, 6.45) is 26.6. The average Bonchev–Trinajstić information content (AvgIpc) is 3.48. The van der Waals surface area contributed by atoms with Gasteiger partial charge in [-0.15, -0.1) is 0 Å². The summed E-state index contributed by atoms with van der Waals surface area (Å²) in [6, 6.07) is 6.17. The van der Waals surface area contributed by atoms with E-state index in [1.165, 1.54) is 70.8 Å². The fourth-order valence-electron chi connectivity index (χ4n) is 3.90. The van der Waals surface area contributed by atoms with Crippen LogP contribution in [0.1, 0.15) is 85.0 Å². The van der Waals surface area contributed by atoms with Crippen LogP contribution in [-0.2, 0) is 6.54 Å². The lowest BCUT2D eigenvalue weighted by Crippen LogP contribution is -2.31. The van der Waals surface area contributed by atoms with E-state index in [1.807, 2.05) is 6.07 Å². The monoisotopic (exact) mass is 472 g/mol. The topological polar surface area (TPSA) is 16.8 Å². The summed E-state index contributed by atoms with van der Waals surface area (Å²) in [6.45, 7) is 12.3. The van der Waals surface area contributed by atoms with Crippen LogP contribution in [0.25, 0.3) is 0 Å². The molecule has 0 fully saturated rings. The van der Waals surface area contributed by atoms with Crippen molar-refractivity contribution < 1.29 is 4.57 Å². The minimum Gasteiger partial charge on any atom is -0.362 e. The first-order valence-electron chi connectivity index (χ1n) is 13.8. The molecule has 0 spiro atoms. The molecule has 0 amide bonds. The van der Waals surface area contributed by atoms with Crippen LogP contribution in [-0.4, -0.2) is 60.1 Å². The predicted octanol–water partition coefficient (Wildman–Crippen LogP) is 6.26. The molecule has 0 aliphatic carbocycles. The molecule has 0 aromatic carbocycles. The molecule has 0 bridgehead atoms. The van der Waals surface area contributed by atoms with Gasteiger partial charge in [-0.3, -0.25) is 0 Å². The van der Waals surface area contributed by atoms with Gasteiger partial charge in [0, 0.05) is 70.5 Å².